The molecule has 0 bridgehead atoms. The monoisotopic (exact) mass is 272 g/mol. The van der Waals surface area contributed by atoms with Gasteiger partial charge in [-0.2, -0.15) is 0 Å². The van der Waals surface area contributed by atoms with Gasteiger partial charge in [0.25, 0.3) is 0 Å². The Bertz CT molecular complexity index is 354. The fourth-order valence-electron chi connectivity index (χ4n) is 6.51. The van der Waals surface area contributed by atoms with Crippen LogP contribution in [0.15, 0.2) is 0 Å². The fourth-order valence-corrected chi connectivity index (χ4v) is 6.51. The summed E-state index contributed by atoms with van der Waals surface area (Å²) in [5, 5.41) is 0. The van der Waals surface area contributed by atoms with Crippen molar-refractivity contribution >= 4 is 0 Å². The second kappa shape index (κ2) is 4.75. The van der Waals surface area contributed by atoms with Crippen molar-refractivity contribution in [3.63, 3.8) is 0 Å². The molecule has 0 radical (unpaired) electrons. The van der Waals surface area contributed by atoms with Crippen molar-refractivity contribution in [1.29, 1.82) is 0 Å². The van der Waals surface area contributed by atoms with Gasteiger partial charge in [-0.1, -0.05) is 57.8 Å². The van der Waals surface area contributed by atoms with E-state index in [1.54, 1.807) is 77.0 Å². The zero-order chi connectivity index (χ0) is 13.1. The van der Waals surface area contributed by atoms with E-state index in [4.69, 9.17) is 0 Å². The Hall–Kier alpha value is 0. The van der Waals surface area contributed by atoms with Crippen LogP contribution in [0.4, 0.5) is 0 Å². The van der Waals surface area contributed by atoms with E-state index in [2.05, 4.69) is 0 Å². The highest BCUT2D eigenvalue weighted by Gasteiger charge is 2.55. The highest BCUT2D eigenvalue weighted by Crippen LogP contribution is 2.63. The average molecular weight is 272 g/mol. The molecule has 5 rings (SSSR count). The number of rotatable bonds is 4. The molecule has 3 unspecified atom stereocenters. The van der Waals surface area contributed by atoms with Gasteiger partial charge in [-0.15, -0.1) is 0 Å². The van der Waals surface area contributed by atoms with Gasteiger partial charge in [0.15, 0.2) is 0 Å². The molecule has 5 fully saturated rings. The predicted molar refractivity (Wildman–Crippen MR) is 83.3 cm³/mol. The molecule has 112 valence electrons. The topological polar surface area (TPSA) is 0 Å². The van der Waals surface area contributed by atoms with E-state index < -0.39 is 0 Å². The van der Waals surface area contributed by atoms with Crippen LogP contribution in [0.3, 0.4) is 0 Å². The summed E-state index contributed by atoms with van der Waals surface area (Å²) in [5.74, 6) is 9.50. The van der Waals surface area contributed by atoms with Crippen LogP contribution in [-0.2, 0) is 0 Å². The highest BCUT2D eigenvalue weighted by molar-refractivity contribution is 5.04. The first-order valence-corrected chi connectivity index (χ1v) is 9.90. The Labute approximate surface area is 125 Å². The molecule has 0 aromatic heterocycles. The van der Waals surface area contributed by atoms with Gasteiger partial charge in [-0.05, 0) is 66.6 Å². The summed E-state index contributed by atoms with van der Waals surface area (Å²) in [7, 11) is 0. The maximum absolute atomic E-state index is 1.66. The van der Waals surface area contributed by atoms with Gasteiger partial charge in [-0.25, -0.2) is 0 Å². The van der Waals surface area contributed by atoms with Crippen molar-refractivity contribution in [2.24, 2.45) is 47.3 Å². The van der Waals surface area contributed by atoms with Crippen molar-refractivity contribution in [2.75, 3.05) is 0 Å². The SMILES string of the molecule is C1CC(C2CC(C3CC(C4CCC4)C3C3CCC3)C2)C1. The first-order chi connectivity index (χ1) is 9.90. The lowest BCUT2D eigenvalue weighted by molar-refractivity contribution is -0.121. The largest absolute Gasteiger partial charge is 0.0528 e. The van der Waals surface area contributed by atoms with E-state index in [1.165, 1.54) is 47.3 Å². The van der Waals surface area contributed by atoms with Gasteiger partial charge < -0.3 is 0 Å². The molecule has 5 saturated carbocycles. The highest BCUT2D eigenvalue weighted by atomic mass is 14.6. The standard InChI is InChI=1S/C20H32/c1-4-13(5-1)16-10-17(11-16)19-12-18(14-6-2-7-14)20(19)15-8-3-9-15/h13-20H,1-12H2. The number of hydrogen-bond acceptors (Lipinski definition) is 0. The second-order valence-electron chi connectivity index (χ2n) is 9.21. The van der Waals surface area contributed by atoms with Crippen LogP contribution in [-0.4, -0.2) is 0 Å². The van der Waals surface area contributed by atoms with Crippen LogP contribution < -0.4 is 0 Å². The summed E-state index contributed by atoms with van der Waals surface area (Å²) in [6, 6.07) is 0. The second-order valence-corrected chi connectivity index (χ2v) is 9.21. The Morgan fingerprint density at radius 3 is 1.45 bits per heavy atom. The van der Waals surface area contributed by atoms with Crippen LogP contribution in [0.1, 0.15) is 77.0 Å². The van der Waals surface area contributed by atoms with Crippen molar-refractivity contribution in [1.82, 2.24) is 0 Å². The normalized spacial score (nSPS) is 49.5. The Morgan fingerprint density at radius 1 is 0.400 bits per heavy atom. The third kappa shape index (κ3) is 1.78. The summed E-state index contributed by atoms with van der Waals surface area (Å²) in [6.07, 6.45) is 19.2. The molecule has 0 spiro atoms. The zero-order valence-electron chi connectivity index (χ0n) is 13.1. The van der Waals surface area contributed by atoms with Crippen molar-refractivity contribution in [2.45, 2.75) is 77.0 Å². The van der Waals surface area contributed by atoms with Crippen LogP contribution >= 0.6 is 0 Å². The lowest BCUT2D eigenvalue weighted by Crippen LogP contribution is -2.53. The minimum atomic E-state index is 1.18. The Balaban J connectivity index is 1.20. The molecule has 20 heavy (non-hydrogen) atoms. The fraction of sp³-hybridized carbons (Fsp3) is 1.00. The van der Waals surface area contributed by atoms with E-state index >= 15 is 0 Å². The molecule has 5 aliphatic carbocycles. The minimum absolute atomic E-state index is 1.18. The predicted octanol–water partition coefficient (Wildman–Crippen LogP) is 5.67. The lowest BCUT2D eigenvalue weighted by Gasteiger charge is -2.61. The van der Waals surface area contributed by atoms with E-state index in [1.807, 2.05) is 0 Å². The Morgan fingerprint density at radius 2 is 0.950 bits per heavy atom. The molecule has 0 aliphatic heterocycles. The molecule has 0 heteroatoms. The van der Waals surface area contributed by atoms with Crippen molar-refractivity contribution in [3.05, 3.63) is 0 Å². The number of hydrogen-bond donors (Lipinski definition) is 0. The molecule has 0 aromatic carbocycles. The smallest absolute Gasteiger partial charge is 0.0323 e. The molecule has 0 nitrogen and oxygen atoms in total. The average Bonchev–Trinajstić information content (AvgIpc) is 2.18. The van der Waals surface area contributed by atoms with Crippen LogP contribution in [0.5, 0.6) is 0 Å². The molecule has 5 aliphatic rings. The summed E-state index contributed by atoms with van der Waals surface area (Å²) >= 11 is 0. The minimum Gasteiger partial charge on any atom is -0.0528 e. The van der Waals surface area contributed by atoms with Gasteiger partial charge in [0, 0.05) is 0 Å². The van der Waals surface area contributed by atoms with E-state index in [0.29, 0.717) is 0 Å². The Kier molecular flexibility index (Phi) is 2.98. The van der Waals surface area contributed by atoms with Crippen LogP contribution in [0.25, 0.3) is 0 Å². The quantitative estimate of drug-likeness (QED) is 0.619. The molecule has 0 aromatic rings. The molecule has 0 amide bonds. The van der Waals surface area contributed by atoms with Gasteiger partial charge in [0.2, 0.25) is 0 Å². The molecular formula is C20H32. The van der Waals surface area contributed by atoms with Gasteiger partial charge in [-0.3, -0.25) is 0 Å². The van der Waals surface area contributed by atoms with Crippen LogP contribution in [0.2, 0.25) is 0 Å². The first-order valence-electron chi connectivity index (χ1n) is 9.90. The summed E-state index contributed by atoms with van der Waals surface area (Å²) in [5.41, 5.74) is 0. The summed E-state index contributed by atoms with van der Waals surface area (Å²) in [6.45, 7) is 0. The molecule has 0 heterocycles. The van der Waals surface area contributed by atoms with Crippen molar-refractivity contribution < 1.29 is 0 Å². The molecular weight excluding hydrogens is 240 g/mol. The van der Waals surface area contributed by atoms with E-state index in [-0.39, 0.29) is 0 Å². The molecule has 0 N–H and O–H groups in total. The lowest BCUT2D eigenvalue weighted by atomic mass is 9.44. The zero-order valence-corrected chi connectivity index (χ0v) is 13.1. The van der Waals surface area contributed by atoms with Crippen LogP contribution in [0, 0.1) is 47.3 Å². The van der Waals surface area contributed by atoms with Gasteiger partial charge in [0.05, 0.1) is 0 Å². The molecule has 0 saturated heterocycles. The third-order valence-electron chi connectivity index (χ3n) is 8.62. The summed E-state index contributed by atoms with van der Waals surface area (Å²) in [4.78, 5) is 0. The van der Waals surface area contributed by atoms with E-state index in [9.17, 15) is 0 Å². The first kappa shape index (κ1) is 12.5. The van der Waals surface area contributed by atoms with Gasteiger partial charge >= 0.3 is 0 Å². The summed E-state index contributed by atoms with van der Waals surface area (Å²) < 4.78 is 0. The third-order valence-corrected chi connectivity index (χ3v) is 8.62. The maximum Gasteiger partial charge on any atom is -0.0323 e. The maximum atomic E-state index is 1.66. The van der Waals surface area contributed by atoms with Crippen molar-refractivity contribution in [3.8, 4) is 0 Å². The molecule has 3 atom stereocenters. The van der Waals surface area contributed by atoms with E-state index in [0.717, 1.165) is 0 Å². The van der Waals surface area contributed by atoms with Gasteiger partial charge in [0.1, 0.15) is 0 Å².